The molecule has 0 saturated carbocycles. The van der Waals surface area contributed by atoms with Crippen molar-refractivity contribution in [2.24, 2.45) is 11.8 Å². The number of hydrogen-bond donors (Lipinski definition) is 0. The van der Waals surface area contributed by atoms with E-state index in [1.165, 1.54) is 30.4 Å². The van der Waals surface area contributed by atoms with Crippen LogP contribution in [-0.2, 0) is 0 Å². The van der Waals surface area contributed by atoms with Crippen molar-refractivity contribution in [3.05, 3.63) is 48.1 Å². The maximum atomic E-state index is 4.03. The molecule has 0 bridgehead atoms. The van der Waals surface area contributed by atoms with Crippen LogP contribution in [0.15, 0.2) is 48.1 Å². The maximum Gasteiger partial charge on any atom is -0.0207 e. The van der Waals surface area contributed by atoms with Crippen molar-refractivity contribution in [2.45, 2.75) is 53.9 Å². The fourth-order valence-electron chi connectivity index (χ4n) is 1.93. The van der Waals surface area contributed by atoms with E-state index in [1.807, 2.05) is 6.08 Å². The average Bonchev–Trinajstić information content (AvgIpc) is 2.27. The number of rotatable bonds is 8. The third-order valence-corrected chi connectivity index (χ3v) is 3.22. The molecule has 102 valence electrons. The third-order valence-electron chi connectivity index (χ3n) is 3.22. The molecular formula is C18H30. The summed E-state index contributed by atoms with van der Waals surface area (Å²) in [5.41, 5.74) is 3.53. The molecule has 0 saturated heterocycles. The Balaban J connectivity index is 4.43. The van der Waals surface area contributed by atoms with Crippen LogP contribution in [0.2, 0.25) is 0 Å². The van der Waals surface area contributed by atoms with Crippen molar-refractivity contribution < 1.29 is 0 Å². The van der Waals surface area contributed by atoms with Crippen LogP contribution in [0.1, 0.15) is 53.9 Å². The largest absolute Gasteiger partial charge is 0.0988 e. The molecule has 0 heterocycles. The number of hydrogen-bond acceptors (Lipinski definition) is 0. The molecule has 0 heteroatoms. The predicted octanol–water partition coefficient (Wildman–Crippen LogP) is 6.08. The summed E-state index contributed by atoms with van der Waals surface area (Å²) >= 11 is 0. The lowest BCUT2D eigenvalue weighted by Crippen LogP contribution is -1.94. The molecule has 18 heavy (non-hydrogen) atoms. The summed E-state index contributed by atoms with van der Waals surface area (Å²) in [5, 5.41) is 0. The highest BCUT2D eigenvalue weighted by molar-refractivity contribution is 5.43. The second kappa shape index (κ2) is 8.97. The SMILES string of the molecule is C=CC(C)=C(C=CC(C)CCCC(C)C)C(=C)C. The van der Waals surface area contributed by atoms with Gasteiger partial charge in [-0.3, -0.25) is 0 Å². The van der Waals surface area contributed by atoms with Crippen LogP contribution in [0.3, 0.4) is 0 Å². The normalized spacial score (nSPS) is 14.8. The van der Waals surface area contributed by atoms with E-state index in [2.05, 4.69) is 59.9 Å². The highest BCUT2D eigenvalue weighted by Crippen LogP contribution is 2.18. The van der Waals surface area contributed by atoms with E-state index in [1.54, 1.807) is 0 Å². The molecule has 0 aromatic carbocycles. The summed E-state index contributed by atoms with van der Waals surface area (Å²) in [6.45, 7) is 18.9. The Morgan fingerprint density at radius 1 is 1.11 bits per heavy atom. The van der Waals surface area contributed by atoms with Gasteiger partial charge in [-0.2, -0.15) is 0 Å². The van der Waals surface area contributed by atoms with E-state index in [4.69, 9.17) is 0 Å². The highest BCUT2D eigenvalue weighted by atomic mass is 14.1. The molecular weight excluding hydrogens is 216 g/mol. The van der Waals surface area contributed by atoms with Gasteiger partial charge in [0, 0.05) is 0 Å². The van der Waals surface area contributed by atoms with E-state index in [0.29, 0.717) is 5.92 Å². The van der Waals surface area contributed by atoms with Crippen LogP contribution in [0.25, 0.3) is 0 Å². The Labute approximate surface area is 114 Å². The zero-order valence-electron chi connectivity index (χ0n) is 12.9. The van der Waals surface area contributed by atoms with Gasteiger partial charge < -0.3 is 0 Å². The lowest BCUT2D eigenvalue weighted by atomic mass is 9.96. The zero-order valence-corrected chi connectivity index (χ0v) is 12.9. The molecule has 0 aromatic rings. The second-order valence-electron chi connectivity index (χ2n) is 5.74. The minimum absolute atomic E-state index is 0.635. The fraction of sp³-hybridized carbons (Fsp3) is 0.556. The van der Waals surface area contributed by atoms with Crippen LogP contribution in [0.4, 0.5) is 0 Å². The van der Waals surface area contributed by atoms with Crippen molar-refractivity contribution in [3.8, 4) is 0 Å². The van der Waals surface area contributed by atoms with Gasteiger partial charge in [-0.25, -0.2) is 0 Å². The quantitative estimate of drug-likeness (QED) is 0.455. The van der Waals surface area contributed by atoms with Gasteiger partial charge in [-0.15, -0.1) is 0 Å². The Morgan fingerprint density at radius 3 is 2.17 bits per heavy atom. The Morgan fingerprint density at radius 2 is 1.72 bits per heavy atom. The van der Waals surface area contributed by atoms with Crippen LogP contribution in [0, 0.1) is 11.8 Å². The van der Waals surface area contributed by atoms with Gasteiger partial charge in [-0.05, 0) is 43.3 Å². The standard InChI is InChI=1S/C18H30/c1-8-17(7)18(15(4)5)13-12-16(6)11-9-10-14(2)3/h8,12-14,16H,1,4,9-11H2,2-3,5-7H3. The first-order chi connectivity index (χ1) is 8.38. The molecule has 0 nitrogen and oxygen atoms in total. The van der Waals surface area contributed by atoms with Gasteiger partial charge in [-0.1, -0.05) is 70.6 Å². The van der Waals surface area contributed by atoms with Crippen LogP contribution >= 0.6 is 0 Å². The van der Waals surface area contributed by atoms with Crippen LogP contribution in [0.5, 0.6) is 0 Å². The van der Waals surface area contributed by atoms with E-state index < -0.39 is 0 Å². The molecule has 0 spiro atoms. The Bertz CT molecular complexity index is 326. The minimum Gasteiger partial charge on any atom is -0.0988 e. The first-order valence-corrected chi connectivity index (χ1v) is 7.05. The highest BCUT2D eigenvalue weighted by Gasteiger charge is 2.01. The van der Waals surface area contributed by atoms with Gasteiger partial charge in [0.05, 0.1) is 0 Å². The third kappa shape index (κ3) is 7.32. The van der Waals surface area contributed by atoms with Crippen molar-refractivity contribution in [1.82, 2.24) is 0 Å². The summed E-state index contributed by atoms with van der Waals surface area (Å²) < 4.78 is 0. The molecule has 0 aliphatic heterocycles. The lowest BCUT2D eigenvalue weighted by Gasteiger charge is -2.09. The summed E-state index contributed by atoms with van der Waals surface area (Å²) in [6, 6.07) is 0. The monoisotopic (exact) mass is 246 g/mol. The predicted molar refractivity (Wildman–Crippen MR) is 84.7 cm³/mol. The first-order valence-electron chi connectivity index (χ1n) is 7.05. The van der Waals surface area contributed by atoms with E-state index in [0.717, 1.165) is 11.5 Å². The summed E-state index contributed by atoms with van der Waals surface area (Å²) in [4.78, 5) is 0. The molecule has 0 aliphatic carbocycles. The van der Waals surface area contributed by atoms with Gasteiger partial charge >= 0.3 is 0 Å². The molecule has 0 aliphatic rings. The topological polar surface area (TPSA) is 0 Å². The fourth-order valence-corrected chi connectivity index (χ4v) is 1.93. The van der Waals surface area contributed by atoms with Crippen molar-refractivity contribution in [2.75, 3.05) is 0 Å². The molecule has 0 amide bonds. The maximum absolute atomic E-state index is 4.03. The van der Waals surface area contributed by atoms with E-state index in [9.17, 15) is 0 Å². The Kier molecular flexibility index (Phi) is 8.45. The summed E-state index contributed by atoms with van der Waals surface area (Å²) in [5.74, 6) is 1.45. The molecule has 1 unspecified atom stereocenters. The van der Waals surface area contributed by atoms with Crippen molar-refractivity contribution >= 4 is 0 Å². The average molecular weight is 246 g/mol. The van der Waals surface area contributed by atoms with Crippen molar-refractivity contribution in [1.29, 1.82) is 0 Å². The summed E-state index contributed by atoms with van der Waals surface area (Å²) in [7, 11) is 0. The molecule has 0 N–H and O–H groups in total. The molecule has 0 fully saturated rings. The van der Waals surface area contributed by atoms with Crippen molar-refractivity contribution in [3.63, 3.8) is 0 Å². The summed E-state index contributed by atoms with van der Waals surface area (Å²) in [6.07, 6.45) is 10.3. The zero-order chi connectivity index (χ0) is 14.1. The minimum atomic E-state index is 0.635. The lowest BCUT2D eigenvalue weighted by molar-refractivity contribution is 0.501. The first kappa shape index (κ1) is 17.0. The van der Waals surface area contributed by atoms with Gasteiger partial charge in [0.2, 0.25) is 0 Å². The Hall–Kier alpha value is -1.04. The van der Waals surface area contributed by atoms with E-state index >= 15 is 0 Å². The number of allylic oxidation sites excluding steroid dienone is 6. The van der Waals surface area contributed by atoms with E-state index in [-0.39, 0.29) is 0 Å². The molecule has 0 rings (SSSR count). The molecule has 0 radical (unpaired) electrons. The molecule has 1 atom stereocenters. The van der Waals surface area contributed by atoms with Gasteiger partial charge in [0.1, 0.15) is 0 Å². The van der Waals surface area contributed by atoms with Crippen LogP contribution in [-0.4, -0.2) is 0 Å². The smallest absolute Gasteiger partial charge is 0.0207 e. The van der Waals surface area contributed by atoms with Gasteiger partial charge in [0.15, 0.2) is 0 Å². The van der Waals surface area contributed by atoms with Crippen LogP contribution < -0.4 is 0 Å². The van der Waals surface area contributed by atoms with Gasteiger partial charge in [0.25, 0.3) is 0 Å². The molecule has 0 aromatic heterocycles. The second-order valence-corrected chi connectivity index (χ2v) is 5.74.